The monoisotopic (exact) mass is 605 g/mol. The number of amides is 1. The van der Waals surface area contributed by atoms with Crippen LogP contribution in [-0.4, -0.2) is 51.4 Å². The Bertz CT molecular complexity index is 1800. The maximum atomic E-state index is 14.4. The average molecular weight is 606 g/mol. The van der Waals surface area contributed by atoms with Crippen molar-refractivity contribution in [1.82, 2.24) is 4.90 Å². The molecule has 1 aliphatic rings. The van der Waals surface area contributed by atoms with Crippen molar-refractivity contribution in [3.8, 4) is 11.3 Å². The molecule has 1 aromatic heterocycles. The Labute approximate surface area is 251 Å². The van der Waals surface area contributed by atoms with Crippen molar-refractivity contribution in [3.63, 3.8) is 0 Å². The van der Waals surface area contributed by atoms with Gasteiger partial charge in [0, 0.05) is 55.1 Å². The highest BCUT2D eigenvalue weighted by Gasteiger charge is 2.33. The number of carbonyl (C=O) groups excluding carboxylic acids is 2. The number of Topliss-reactive ketones (excluding diaryl/α,β-unsaturated/α-hetero) is 1. The number of benzene rings is 3. The molecular weight excluding hydrogens is 569 g/mol. The molecule has 2 atom stereocenters. The van der Waals surface area contributed by atoms with Crippen LogP contribution in [-0.2, 0) is 14.8 Å². The van der Waals surface area contributed by atoms with Gasteiger partial charge >= 0.3 is 0 Å². The van der Waals surface area contributed by atoms with Crippen molar-refractivity contribution < 1.29 is 26.8 Å². The van der Waals surface area contributed by atoms with Gasteiger partial charge in [-0.2, -0.15) is 0 Å². The molecule has 0 saturated carbocycles. The van der Waals surface area contributed by atoms with Crippen molar-refractivity contribution in [3.05, 3.63) is 88.7 Å². The second-order valence-corrected chi connectivity index (χ2v) is 13.2. The number of hydrogen-bond donors (Lipinski definition) is 1. The Kier molecular flexibility index (Phi) is 8.45. The largest absolute Gasteiger partial charge is 0.455 e. The quantitative estimate of drug-likeness (QED) is 0.249. The van der Waals surface area contributed by atoms with E-state index in [0.717, 1.165) is 17.4 Å². The second kappa shape index (κ2) is 11.9. The van der Waals surface area contributed by atoms with Crippen molar-refractivity contribution in [1.29, 1.82) is 0 Å². The van der Waals surface area contributed by atoms with Gasteiger partial charge in [0.15, 0.2) is 5.78 Å². The topological polar surface area (TPSA) is 114 Å². The molecule has 0 unspecified atom stereocenters. The molecule has 1 saturated heterocycles. The minimum atomic E-state index is -3.67. The van der Waals surface area contributed by atoms with Gasteiger partial charge in [0.25, 0.3) is 0 Å². The van der Waals surface area contributed by atoms with E-state index in [0.29, 0.717) is 52.9 Å². The number of rotatable bonds is 8. The number of furan rings is 1. The molecule has 2 N–H and O–H groups in total. The van der Waals surface area contributed by atoms with Crippen LogP contribution in [0.25, 0.3) is 22.3 Å². The number of hydrogen-bond acceptors (Lipinski definition) is 6. The minimum Gasteiger partial charge on any atom is -0.455 e. The van der Waals surface area contributed by atoms with E-state index in [1.807, 2.05) is 37.3 Å². The molecule has 10 heteroatoms. The lowest BCUT2D eigenvalue weighted by molar-refractivity contribution is -0.134. The Morgan fingerprint density at radius 2 is 1.84 bits per heavy atom. The van der Waals surface area contributed by atoms with Gasteiger partial charge in [-0.3, -0.25) is 13.9 Å². The first-order chi connectivity index (χ1) is 20.4. The first-order valence-electron chi connectivity index (χ1n) is 14.3. The number of nitrogens with two attached hydrogens (primary N) is 1. The molecule has 226 valence electrons. The zero-order valence-corrected chi connectivity index (χ0v) is 25.6. The number of anilines is 1. The number of ketones is 1. The minimum absolute atomic E-state index is 0.0965. The lowest BCUT2D eigenvalue weighted by Gasteiger charge is -2.36. The van der Waals surface area contributed by atoms with Gasteiger partial charge < -0.3 is 15.1 Å². The van der Waals surface area contributed by atoms with E-state index in [9.17, 15) is 22.4 Å². The summed E-state index contributed by atoms with van der Waals surface area (Å²) < 4.78 is 47.4. The molecule has 43 heavy (non-hydrogen) atoms. The third-order valence-corrected chi connectivity index (χ3v) is 9.46. The number of fused-ring (bicyclic) bond motifs is 1. The zero-order chi connectivity index (χ0) is 31.1. The molecule has 5 rings (SSSR count). The van der Waals surface area contributed by atoms with Crippen LogP contribution >= 0.6 is 0 Å². The number of nitrogens with zero attached hydrogens (tertiary/aromatic N) is 2. The molecule has 1 fully saturated rings. The molecule has 3 aromatic carbocycles. The molecule has 0 bridgehead atoms. The van der Waals surface area contributed by atoms with Gasteiger partial charge in [-0.1, -0.05) is 55.0 Å². The van der Waals surface area contributed by atoms with E-state index in [1.54, 1.807) is 30.0 Å². The smallest absolute Gasteiger partial charge is 0.244 e. The van der Waals surface area contributed by atoms with Crippen LogP contribution in [0.15, 0.2) is 65.1 Å². The van der Waals surface area contributed by atoms with Crippen molar-refractivity contribution >= 4 is 38.4 Å². The maximum absolute atomic E-state index is 14.4. The van der Waals surface area contributed by atoms with Crippen molar-refractivity contribution in [2.45, 2.75) is 45.1 Å². The number of aryl methyl sites for hydroxylation is 1. The van der Waals surface area contributed by atoms with Gasteiger partial charge in [-0.05, 0) is 37.5 Å². The highest BCUT2D eigenvalue weighted by atomic mass is 32.2. The van der Waals surface area contributed by atoms with Gasteiger partial charge in [-0.25, -0.2) is 12.8 Å². The molecule has 1 amide bonds. The zero-order valence-electron chi connectivity index (χ0n) is 24.8. The van der Waals surface area contributed by atoms with Gasteiger partial charge in [0.05, 0.1) is 17.5 Å². The molecule has 0 radical (unpaired) electrons. The molecule has 8 nitrogen and oxygen atoms in total. The van der Waals surface area contributed by atoms with Crippen LogP contribution in [0.2, 0.25) is 0 Å². The highest BCUT2D eigenvalue weighted by molar-refractivity contribution is 7.92. The predicted octanol–water partition coefficient (Wildman–Crippen LogP) is 5.94. The second-order valence-electron chi connectivity index (χ2n) is 11.2. The summed E-state index contributed by atoms with van der Waals surface area (Å²) in [6.07, 6.45) is 2.69. The molecular formula is C33H36FN3O5S. The fraction of sp³-hybridized carbons (Fsp3) is 0.333. The number of piperidine rings is 1. The van der Waals surface area contributed by atoms with Gasteiger partial charge in [-0.15, -0.1) is 0 Å². The summed E-state index contributed by atoms with van der Waals surface area (Å²) in [4.78, 5) is 28.4. The third kappa shape index (κ3) is 5.94. The van der Waals surface area contributed by atoms with Crippen molar-refractivity contribution in [2.75, 3.05) is 30.7 Å². The van der Waals surface area contributed by atoms with E-state index >= 15 is 0 Å². The summed E-state index contributed by atoms with van der Waals surface area (Å²) in [6.45, 7) is 4.47. The fourth-order valence-electron chi connectivity index (χ4n) is 5.78. The molecule has 2 heterocycles. The van der Waals surface area contributed by atoms with Crippen LogP contribution in [0.1, 0.15) is 65.2 Å². The average Bonchev–Trinajstić information content (AvgIpc) is 3.37. The maximum Gasteiger partial charge on any atom is 0.244 e. The summed E-state index contributed by atoms with van der Waals surface area (Å²) in [5.74, 6) is -0.877. The number of sulfonamides is 1. The fourth-order valence-corrected chi connectivity index (χ4v) is 6.29. The van der Waals surface area contributed by atoms with Crippen molar-refractivity contribution in [2.24, 2.45) is 5.73 Å². The Morgan fingerprint density at radius 1 is 1.14 bits per heavy atom. The highest BCUT2D eigenvalue weighted by Crippen LogP contribution is 2.42. The standard InChI is InChI=1S/C33H36FN3O5S/c1-5-28(38)30-25-17-24(22-9-8-16-37(19-22)33(39)31(35)23-10-6-7-11-26(23)34)27(36(3)43(4,40)41)18-29(25)42-32(30)21-14-12-20(2)13-15-21/h6-7,10-15,17-18,22,31H,5,8-9,16,19,35H2,1-4H3/t22-,31+/m0/s1. The van der Waals surface area contributed by atoms with Crippen LogP contribution in [0.3, 0.4) is 0 Å². The third-order valence-electron chi connectivity index (χ3n) is 8.27. The summed E-state index contributed by atoms with van der Waals surface area (Å²) in [5, 5.41) is 0.592. The van der Waals surface area contributed by atoms with E-state index in [2.05, 4.69) is 0 Å². The number of carbonyl (C=O) groups is 2. The normalized spacial score (nSPS) is 16.3. The van der Waals surface area contributed by atoms with E-state index in [4.69, 9.17) is 10.2 Å². The van der Waals surface area contributed by atoms with E-state index < -0.39 is 27.8 Å². The number of halogens is 1. The van der Waals surface area contributed by atoms with Gasteiger partial charge in [0.2, 0.25) is 15.9 Å². The SMILES string of the molecule is CCC(=O)c1c(-c2ccc(C)cc2)oc2cc(N(C)S(C)(=O)=O)c([C@H]3CCCN(C(=O)[C@H](N)c4ccccc4F)C3)cc12. The van der Waals surface area contributed by atoms with Crippen LogP contribution in [0.4, 0.5) is 10.1 Å². The predicted molar refractivity (Wildman–Crippen MR) is 166 cm³/mol. The molecule has 1 aliphatic heterocycles. The first-order valence-corrected chi connectivity index (χ1v) is 16.2. The summed E-state index contributed by atoms with van der Waals surface area (Å²) in [5.41, 5.74) is 10.1. The summed E-state index contributed by atoms with van der Waals surface area (Å²) in [6, 6.07) is 16.0. The molecule has 0 aliphatic carbocycles. The first kappa shape index (κ1) is 30.4. The van der Waals surface area contributed by atoms with Crippen LogP contribution in [0, 0.1) is 12.7 Å². The molecule has 4 aromatic rings. The van der Waals surface area contributed by atoms with E-state index in [1.165, 1.54) is 23.5 Å². The lowest BCUT2D eigenvalue weighted by Crippen LogP contribution is -2.44. The van der Waals surface area contributed by atoms with Crippen LogP contribution < -0.4 is 10.0 Å². The lowest BCUT2D eigenvalue weighted by atomic mass is 9.87. The summed E-state index contributed by atoms with van der Waals surface area (Å²) in [7, 11) is -2.19. The van der Waals surface area contributed by atoms with E-state index in [-0.39, 0.29) is 30.2 Å². The molecule has 0 spiro atoms. The number of likely N-dealkylation sites (tertiary alicyclic amines) is 1. The van der Waals surface area contributed by atoms with Crippen LogP contribution in [0.5, 0.6) is 0 Å². The Hall–Kier alpha value is -4.02. The Balaban J connectivity index is 1.62. The summed E-state index contributed by atoms with van der Waals surface area (Å²) >= 11 is 0. The Morgan fingerprint density at radius 3 is 2.49 bits per heavy atom. The van der Waals surface area contributed by atoms with Gasteiger partial charge in [0.1, 0.15) is 23.2 Å².